The minimum Gasteiger partial charge on any atom is -0.497 e. The number of nitrogens with one attached hydrogen (secondary N) is 1. The smallest absolute Gasteiger partial charge is 0.244 e. The Balaban J connectivity index is 2.29. The molecule has 0 aliphatic heterocycles. The Morgan fingerprint density at radius 3 is 2.10 bits per heavy atom. The van der Waals surface area contributed by atoms with Gasteiger partial charge < -0.3 is 10.1 Å². The van der Waals surface area contributed by atoms with E-state index in [0.717, 1.165) is 22.5 Å². The largest absolute Gasteiger partial charge is 0.497 e. The lowest BCUT2D eigenvalue weighted by Crippen LogP contribution is -2.48. The van der Waals surface area contributed by atoms with Crippen LogP contribution in [0.15, 0.2) is 54.6 Å². The lowest BCUT2D eigenvalue weighted by atomic mass is 9.96. The van der Waals surface area contributed by atoms with Crippen LogP contribution < -0.4 is 14.4 Å². The summed E-state index contributed by atoms with van der Waals surface area (Å²) < 4.78 is 31.2. The Morgan fingerprint density at radius 1 is 1.03 bits per heavy atom. The van der Waals surface area contributed by atoms with Gasteiger partial charge in [-0.25, -0.2) is 8.42 Å². The molecule has 2 rings (SSSR count). The summed E-state index contributed by atoms with van der Waals surface area (Å²) in [4.78, 5) is 13.1. The van der Waals surface area contributed by atoms with Crippen LogP contribution in [0.25, 0.3) is 0 Å². The first-order valence-electron chi connectivity index (χ1n) is 9.62. The van der Waals surface area contributed by atoms with Gasteiger partial charge >= 0.3 is 0 Å². The van der Waals surface area contributed by atoms with Crippen molar-refractivity contribution < 1.29 is 17.9 Å². The maximum absolute atomic E-state index is 13.1. The van der Waals surface area contributed by atoms with Crippen molar-refractivity contribution in [1.29, 1.82) is 0 Å². The van der Waals surface area contributed by atoms with Gasteiger partial charge in [0.1, 0.15) is 11.8 Å². The summed E-state index contributed by atoms with van der Waals surface area (Å²) in [6.07, 6.45) is 1.85. The van der Waals surface area contributed by atoms with Gasteiger partial charge in [-0.05, 0) is 49.1 Å². The number of carbonyl (C=O) groups is 1. The fourth-order valence-electron chi connectivity index (χ4n) is 3.27. The van der Waals surface area contributed by atoms with E-state index in [9.17, 15) is 13.2 Å². The van der Waals surface area contributed by atoms with Crippen molar-refractivity contribution in [3.8, 4) is 5.75 Å². The molecule has 2 unspecified atom stereocenters. The van der Waals surface area contributed by atoms with E-state index >= 15 is 0 Å². The lowest BCUT2D eigenvalue weighted by Gasteiger charge is -2.30. The van der Waals surface area contributed by atoms with Gasteiger partial charge in [-0.3, -0.25) is 9.10 Å². The number of amides is 1. The van der Waals surface area contributed by atoms with Crippen molar-refractivity contribution in [2.75, 3.05) is 17.7 Å². The van der Waals surface area contributed by atoms with Gasteiger partial charge in [-0.2, -0.15) is 0 Å². The molecule has 2 aromatic rings. The van der Waals surface area contributed by atoms with E-state index in [1.54, 1.807) is 31.2 Å². The Hall–Kier alpha value is -2.54. The Morgan fingerprint density at radius 2 is 1.62 bits per heavy atom. The first-order chi connectivity index (χ1) is 13.6. The number of nitrogens with zero attached hydrogens (tertiary/aromatic N) is 1. The van der Waals surface area contributed by atoms with Gasteiger partial charge in [0, 0.05) is 0 Å². The van der Waals surface area contributed by atoms with Gasteiger partial charge in [-0.1, -0.05) is 44.2 Å². The first-order valence-corrected chi connectivity index (χ1v) is 11.5. The van der Waals surface area contributed by atoms with Gasteiger partial charge in [-0.15, -0.1) is 0 Å². The average Bonchev–Trinajstić information content (AvgIpc) is 2.67. The molecule has 158 valence electrons. The fourth-order valence-corrected chi connectivity index (χ4v) is 4.44. The van der Waals surface area contributed by atoms with E-state index in [2.05, 4.69) is 19.2 Å². The van der Waals surface area contributed by atoms with Gasteiger partial charge in [0.2, 0.25) is 15.9 Å². The highest BCUT2D eigenvalue weighted by molar-refractivity contribution is 7.92. The molecule has 2 aromatic carbocycles. The molecular formula is C22H30N2O4S. The number of rotatable bonds is 9. The molecule has 0 bridgehead atoms. The van der Waals surface area contributed by atoms with Crippen molar-refractivity contribution in [2.45, 2.75) is 39.3 Å². The SMILES string of the molecule is COc1ccc(N(C(C)C(=O)NC(CC(C)C)c2ccccc2)S(C)(=O)=O)cc1. The molecule has 0 spiro atoms. The van der Waals surface area contributed by atoms with Crippen LogP contribution in [0.5, 0.6) is 5.75 Å². The zero-order chi connectivity index (χ0) is 21.6. The summed E-state index contributed by atoms with van der Waals surface area (Å²) in [6.45, 7) is 5.77. The van der Waals surface area contributed by atoms with Crippen molar-refractivity contribution in [3.63, 3.8) is 0 Å². The monoisotopic (exact) mass is 418 g/mol. The predicted octanol–water partition coefficient (Wildman–Crippen LogP) is 3.75. The molecule has 6 nitrogen and oxygen atoms in total. The second-order valence-electron chi connectivity index (χ2n) is 7.53. The number of benzene rings is 2. The number of hydrogen-bond acceptors (Lipinski definition) is 4. The second-order valence-corrected chi connectivity index (χ2v) is 9.39. The minimum absolute atomic E-state index is 0.191. The van der Waals surface area contributed by atoms with E-state index in [-0.39, 0.29) is 11.9 Å². The van der Waals surface area contributed by atoms with Gasteiger partial charge in [0.25, 0.3) is 0 Å². The van der Waals surface area contributed by atoms with Crippen LogP contribution in [0.1, 0.15) is 38.8 Å². The molecule has 1 amide bonds. The summed E-state index contributed by atoms with van der Waals surface area (Å²) in [7, 11) is -2.13. The van der Waals surface area contributed by atoms with E-state index in [1.165, 1.54) is 7.11 Å². The van der Waals surface area contributed by atoms with Crippen LogP contribution in [-0.4, -0.2) is 33.7 Å². The highest BCUT2D eigenvalue weighted by Crippen LogP contribution is 2.25. The second kappa shape index (κ2) is 9.78. The fraction of sp³-hybridized carbons (Fsp3) is 0.409. The van der Waals surface area contributed by atoms with Crippen molar-refractivity contribution in [1.82, 2.24) is 5.32 Å². The van der Waals surface area contributed by atoms with Crippen LogP contribution in [0.2, 0.25) is 0 Å². The normalized spacial score (nSPS) is 13.6. The van der Waals surface area contributed by atoms with Gasteiger partial charge in [0.05, 0.1) is 25.1 Å². The topological polar surface area (TPSA) is 75.7 Å². The summed E-state index contributed by atoms with van der Waals surface area (Å²) in [5.41, 5.74) is 1.41. The number of carbonyl (C=O) groups excluding carboxylic acids is 1. The summed E-state index contributed by atoms with van der Waals surface area (Å²) >= 11 is 0. The minimum atomic E-state index is -3.67. The van der Waals surface area contributed by atoms with E-state index in [0.29, 0.717) is 17.4 Å². The number of ether oxygens (including phenoxy) is 1. The molecule has 1 N–H and O–H groups in total. The summed E-state index contributed by atoms with van der Waals surface area (Å²) in [5.74, 6) is 0.629. The Kier molecular flexibility index (Phi) is 7.67. The zero-order valence-electron chi connectivity index (χ0n) is 17.6. The molecule has 0 saturated carbocycles. The van der Waals surface area contributed by atoms with E-state index < -0.39 is 16.1 Å². The van der Waals surface area contributed by atoms with Gasteiger partial charge in [0.15, 0.2) is 0 Å². The van der Waals surface area contributed by atoms with Crippen molar-refractivity contribution >= 4 is 21.6 Å². The van der Waals surface area contributed by atoms with Crippen LogP contribution >= 0.6 is 0 Å². The lowest BCUT2D eigenvalue weighted by molar-refractivity contribution is -0.122. The van der Waals surface area contributed by atoms with Crippen molar-refractivity contribution in [2.24, 2.45) is 5.92 Å². The standard InChI is InChI=1S/C22H30N2O4S/c1-16(2)15-21(18-9-7-6-8-10-18)23-22(25)17(3)24(29(5,26)27)19-11-13-20(28-4)14-12-19/h6-14,16-17,21H,15H2,1-5H3,(H,23,25). The Labute approximate surface area is 173 Å². The third kappa shape index (κ3) is 6.22. The molecule has 0 aliphatic carbocycles. The maximum Gasteiger partial charge on any atom is 0.244 e. The highest BCUT2D eigenvalue weighted by Gasteiger charge is 2.30. The molecule has 0 aliphatic rings. The molecule has 0 saturated heterocycles. The number of anilines is 1. The number of sulfonamides is 1. The molecule has 0 radical (unpaired) electrons. The molecule has 7 heteroatoms. The van der Waals surface area contributed by atoms with Crippen LogP contribution in [0.4, 0.5) is 5.69 Å². The number of methoxy groups -OCH3 is 1. The number of hydrogen-bond donors (Lipinski definition) is 1. The molecule has 0 heterocycles. The maximum atomic E-state index is 13.1. The van der Waals surface area contributed by atoms with E-state index in [4.69, 9.17) is 4.74 Å². The molecule has 2 atom stereocenters. The van der Waals surface area contributed by atoms with E-state index in [1.807, 2.05) is 30.3 Å². The molecule has 0 aromatic heterocycles. The first kappa shape index (κ1) is 22.7. The van der Waals surface area contributed by atoms with Crippen LogP contribution in [-0.2, 0) is 14.8 Å². The molecule has 29 heavy (non-hydrogen) atoms. The highest BCUT2D eigenvalue weighted by atomic mass is 32.2. The average molecular weight is 419 g/mol. The molecular weight excluding hydrogens is 388 g/mol. The predicted molar refractivity (Wildman–Crippen MR) is 117 cm³/mol. The Bertz CT molecular complexity index is 896. The summed E-state index contributed by atoms with van der Waals surface area (Å²) in [5, 5.41) is 3.04. The third-order valence-electron chi connectivity index (χ3n) is 4.64. The zero-order valence-corrected chi connectivity index (χ0v) is 18.4. The van der Waals surface area contributed by atoms with Crippen LogP contribution in [0, 0.1) is 5.92 Å². The van der Waals surface area contributed by atoms with Crippen LogP contribution in [0.3, 0.4) is 0 Å². The molecule has 0 fully saturated rings. The van der Waals surface area contributed by atoms with Crippen molar-refractivity contribution in [3.05, 3.63) is 60.2 Å². The summed E-state index contributed by atoms with van der Waals surface area (Å²) in [6, 6.07) is 15.2. The third-order valence-corrected chi connectivity index (χ3v) is 5.88. The quantitative estimate of drug-likeness (QED) is 0.673.